The third-order valence-corrected chi connectivity index (χ3v) is 12.0. The van der Waals surface area contributed by atoms with Crippen LogP contribution in [0.5, 0.6) is 0 Å². The molecule has 0 aliphatic carbocycles. The maximum absolute atomic E-state index is 6.70. The van der Waals surface area contributed by atoms with Gasteiger partial charge in [-0.2, -0.15) is 0 Å². The van der Waals surface area contributed by atoms with Gasteiger partial charge in [-0.05, 0) is 123 Å². The van der Waals surface area contributed by atoms with Crippen LogP contribution in [0.1, 0.15) is 0 Å². The number of para-hydroxylation sites is 2. The van der Waals surface area contributed by atoms with Gasteiger partial charge in [-0.3, -0.25) is 0 Å². The predicted molar refractivity (Wildman–Crippen MR) is 254 cm³/mol. The van der Waals surface area contributed by atoms with E-state index < -0.39 is 0 Å². The molecule has 61 heavy (non-hydrogen) atoms. The Balaban J connectivity index is 1.06. The summed E-state index contributed by atoms with van der Waals surface area (Å²) in [5, 5.41) is 7.39. The molecule has 0 amide bonds. The lowest BCUT2D eigenvalue weighted by Crippen LogP contribution is -2.10. The third kappa shape index (κ3) is 5.88. The van der Waals surface area contributed by atoms with E-state index in [4.69, 9.17) is 9.40 Å². The molecule has 286 valence electrons. The lowest BCUT2D eigenvalue weighted by molar-refractivity contribution is 0.620. The van der Waals surface area contributed by atoms with Gasteiger partial charge in [0.1, 0.15) is 5.52 Å². The van der Waals surface area contributed by atoms with Crippen molar-refractivity contribution in [3.63, 3.8) is 0 Å². The summed E-state index contributed by atoms with van der Waals surface area (Å²) in [6.07, 6.45) is 0. The summed E-state index contributed by atoms with van der Waals surface area (Å²) in [5.74, 6) is 0.594. The molecule has 4 nitrogen and oxygen atoms in total. The van der Waals surface area contributed by atoms with Gasteiger partial charge < -0.3 is 13.9 Å². The Bertz CT molecular complexity index is 3600. The van der Waals surface area contributed by atoms with Gasteiger partial charge in [-0.15, -0.1) is 0 Å². The van der Waals surface area contributed by atoms with E-state index in [9.17, 15) is 0 Å². The molecule has 10 aromatic carbocycles. The minimum atomic E-state index is 0.594. The normalized spacial score (nSPS) is 11.6. The number of aromatic nitrogens is 2. The van der Waals surface area contributed by atoms with Crippen molar-refractivity contribution in [1.82, 2.24) is 9.55 Å². The standard InChI is InChI=1S/C57H37N3O/c1-3-17-40(18-4-1)57-58-51-29-14-30-54(56(51)61-57)59(46-25-12-21-43(36-46)48-28-13-19-38-15-7-9-26-47(38)48)45-24-11-20-41(35-45)42-32-33-52-50(37-42)55-49-27-10-8-16-39(49)31-34-53(55)60(52)44-22-5-2-6-23-44/h1-37H. The van der Waals surface area contributed by atoms with Crippen LogP contribution < -0.4 is 4.90 Å². The first-order valence-electron chi connectivity index (χ1n) is 20.7. The number of rotatable bonds is 7. The molecular weight excluding hydrogens is 743 g/mol. The fourth-order valence-electron chi connectivity index (χ4n) is 9.18. The molecule has 0 N–H and O–H groups in total. The molecule has 0 fully saturated rings. The smallest absolute Gasteiger partial charge is 0.227 e. The van der Waals surface area contributed by atoms with Crippen LogP contribution in [0.25, 0.3) is 93.8 Å². The molecule has 0 spiro atoms. The van der Waals surface area contributed by atoms with Crippen molar-refractivity contribution in [2.24, 2.45) is 0 Å². The summed E-state index contributed by atoms with van der Waals surface area (Å²) in [6, 6.07) is 80.0. The fourth-order valence-corrected chi connectivity index (χ4v) is 9.18. The van der Waals surface area contributed by atoms with Gasteiger partial charge in [0, 0.05) is 33.4 Å². The number of hydrogen-bond donors (Lipinski definition) is 0. The summed E-state index contributed by atoms with van der Waals surface area (Å²) < 4.78 is 9.10. The van der Waals surface area contributed by atoms with E-state index in [1.54, 1.807) is 0 Å². The Morgan fingerprint density at radius 1 is 0.410 bits per heavy atom. The third-order valence-electron chi connectivity index (χ3n) is 12.0. The quantitative estimate of drug-likeness (QED) is 0.162. The summed E-state index contributed by atoms with van der Waals surface area (Å²) >= 11 is 0. The second kappa shape index (κ2) is 14.3. The monoisotopic (exact) mass is 779 g/mol. The van der Waals surface area contributed by atoms with Gasteiger partial charge >= 0.3 is 0 Å². The van der Waals surface area contributed by atoms with E-state index in [-0.39, 0.29) is 0 Å². The number of fused-ring (bicyclic) bond motifs is 7. The summed E-state index contributed by atoms with van der Waals surface area (Å²) in [6.45, 7) is 0. The molecule has 0 radical (unpaired) electrons. The molecule has 0 atom stereocenters. The first-order valence-corrected chi connectivity index (χ1v) is 20.7. The Morgan fingerprint density at radius 3 is 1.84 bits per heavy atom. The van der Waals surface area contributed by atoms with Gasteiger partial charge in [0.25, 0.3) is 0 Å². The number of benzene rings is 10. The number of anilines is 3. The predicted octanol–water partition coefficient (Wildman–Crippen LogP) is 15.7. The van der Waals surface area contributed by atoms with Gasteiger partial charge in [0.2, 0.25) is 5.89 Å². The van der Waals surface area contributed by atoms with Crippen molar-refractivity contribution < 1.29 is 4.42 Å². The zero-order chi connectivity index (χ0) is 40.3. The Kier molecular flexibility index (Phi) is 8.13. The molecule has 0 saturated heterocycles. The van der Waals surface area contributed by atoms with Crippen LogP contribution >= 0.6 is 0 Å². The Morgan fingerprint density at radius 2 is 1.02 bits per heavy atom. The van der Waals surface area contributed by atoms with Crippen molar-refractivity contribution in [2.45, 2.75) is 0 Å². The lowest BCUT2D eigenvalue weighted by atomic mass is 9.97. The summed E-state index contributed by atoms with van der Waals surface area (Å²) in [4.78, 5) is 7.29. The number of oxazole rings is 1. The van der Waals surface area contributed by atoms with Gasteiger partial charge in [0.05, 0.1) is 16.7 Å². The average Bonchev–Trinajstić information content (AvgIpc) is 3.93. The number of nitrogens with zero attached hydrogens (tertiary/aromatic N) is 3. The van der Waals surface area contributed by atoms with Crippen molar-refractivity contribution >= 4 is 71.5 Å². The fraction of sp³-hybridized carbons (Fsp3) is 0. The lowest BCUT2D eigenvalue weighted by Gasteiger charge is -2.26. The second-order valence-electron chi connectivity index (χ2n) is 15.6. The largest absolute Gasteiger partial charge is 0.434 e. The van der Waals surface area contributed by atoms with E-state index in [2.05, 4.69) is 198 Å². The van der Waals surface area contributed by atoms with E-state index >= 15 is 0 Å². The molecule has 0 bridgehead atoms. The van der Waals surface area contributed by atoms with E-state index in [0.29, 0.717) is 5.89 Å². The van der Waals surface area contributed by atoms with Crippen LogP contribution in [-0.2, 0) is 0 Å². The highest BCUT2D eigenvalue weighted by Crippen LogP contribution is 2.44. The van der Waals surface area contributed by atoms with E-state index in [0.717, 1.165) is 56.1 Å². The van der Waals surface area contributed by atoms with Crippen LogP contribution in [0.15, 0.2) is 229 Å². The van der Waals surface area contributed by atoms with Gasteiger partial charge in [0.15, 0.2) is 5.58 Å². The van der Waals surface area contributed by atoms with Crippen LogP contribution in [0.4, 0.5) is 17.1 Å². The topological polar surface area (TPSA) is 34.2 Å². The molecule has 0 saturated carbocycles. The molecule has 12 aromatic rings. The summed E-state index contributed by atoms with van der Waals surface area (Å²) in [5.41, 5.74) is 13.5. The Labute approximate surface area is 352 Å². The van der Waals surface area contributed by atoms with Crippen molar-refractivity contribution in [2.75, 3.05) is 4.90 Å². The average molecular weight is 780 g/mol. The molecule has 4 heteroatoms. The minimum absolute atomic E-state index is 0.594. The van der Waals surface area contributed by atoms with Gasteiger partial charge in [-0.25, -0.2) is 4.98 Å². The second-order valence-corrected chi connectivity index (χ2v) is 15.6. The van der Waals surface area contributed by atoms with Crippen LogP contribution in [-0.4, -0.2) is 9.55 Å². The first-order chi connectivity index (χ1) is 30.2. The molecule has 0 aliphatic rings. The molecule has 2 heterocycles. The zero-order valence-electron chi connectivity index (χ0n) is 33.1. The first kappa shape index (κ1) is 34.8. The molecular formula is C57H37N3O. The van der Waals surface area contributed by atoms with Crippen LogP contribution in [0, 0.1) is 0 Å². The van der Waals surface area contributed by atoms with Gasteiger partial charge in [-0.1, -0.05) is 146 Å². The van der Waals surface area contributed by atoms with E-state index in [1.807, 2.05) is 36.4 Å². The molecule has 2 aromatic heterocycles. The number of hydrogen-bond acceptors (Lipinski definition) is 3. The highest BCUT2D eigenvalue weighted by atomic mass is 16.3. The minimum Gasteiger partial charge on any atom is -0.434 e. The Hall–Kier alpha value is -8.21. The van der Waals surface area contributed by atoms with Crippen LogP contribution in [0.3, 0.4) is 0 Å². The van der Waals surface area contributed by atoms with Crippen LogP contribution in [0.2, 0.25) is 0 Å². The zero-order valence-corrected chi connectivity index (χ0v) is 33.1. The molecule has 0 aliphatic heterocycles. The van der Waals surface area contributed by atoms with E-state index in [1.165, 1.54) is 48.9 Å². The molecule has 0 unspecified atom stereocenters. The highest BCUT2D eigenvalue weighted by Gasteiger charge is 2.22. The highest BCUT2D eigenvalue weighted by molar-refractivity contribution is 6.22. The van der Waals surface area contributed by atoms with Crippen molar-refractivity contribution in [1.29, 1.82) is 0 Å². The maximum Gasteiger partial charge on any atom is 0.227 e. The SMILES string of the molecule is c1ccc(-c2nc3cccc(N(c4cccc(-c5ccc6c(c5)c5c7ccccc7ccc5n6-c5ccccc5)c4)c4cccc(-c5cccc6ccccc56)c4)c3o2)cc1. The maximum atomic E-state index is 6.70. The summed E-state index contributed by atoms with van der Waals surface area (Å²) in [7, 11) is 0. The molecule has 12 rings (SSSR count). The van der Waals surface area contributed by atoms with Crippen molar-refractivity contribution in [3.05, 3.63) is 224 Å². The van der Waals surface area contributed by atoms with Crippen molar-refractivity contribution in [3.8, 4) is 39.4 Å².